The first-order chi connectivity index (χ1) is 8.54. The Morgan fingerprint density at radius 1 is 1.50 bits per heavy atom. The van der Waals surface area contributed by atoms with Crippen LogP contribution in [0.1, 0.15) is 16.1 Å². The second kappa shape index (κ2) is 4.81. The molecule has 0 spiro atoms. The Kier molecular flexibility index (Phi) is 3.38. The molecule has 0 fully saturated rings. The molecule has 0 aliphatic carbocycles. The summed E-state index contributed by atoms with van der Waals surface area (Å²) in [6, 6.07) is 5.77. The average Bonchev–Trinajstić information content (AvgIpc) is 2.70. The highest BCUT2D eigenvalue weighted by molar-refractivity contribution is 9.10. The van der Waals surface area contributed by atoms with Crippen LogP contribution in [0.15, 0.2) is 29.0 Å². The van der Waals surface area contributed by atoms with Crippen LogP contribution in [0, 0.1) is 6.92 Å². The molecule has 6 heteroatoms. The van der Waals surface area contributed by atoms with Gasteiger partial charge in [-0.05, 0) is 30.7 Å². The molecule has 2 rings (SSSR count). The highest BCUT2D eigenvalue weighted by atomic mass is 79.9. The monoisotopic (exact) mass is 309 g/mol. The minimum atomic E-state index is -0.541. The molecule has 0 bridgehead atoms. The van der Waals surface area contributed by atoms with Crippen molar-refractivity contribution in [3.63, 3.8) is 0 Å². The molecular weight excluding hydrogens is 298 g/mol. The second-order valence-electron chi connectivity index (χ2n) is 3.77. The van der Waals surface area contributed by atoms with Gasteiger partial charge in [-0.15, -0.1) is 0 Å². The molecule has 2 aromatic rings. The fourth-order valence-corrected chi connectivity index (χ4v) is 2.17. The number of hydrogen-bond donors (Lipinski definition) is 1. The summed E-state index contributed by atoms with van der Waals surface area (Å²) in [6.07, 6.45) is 1.51. The number of nitrogens with zero attached hydrogens (tertiary/aromatic N) is 2. The van der Waals surface area contributed by atoms with Crippen LogP contribution in [0.4, 0.5) is 5.82 Å². The zero-order chi connectivity index (χ0) is 13.3. The summed E-state index contributed by atoms with van der Waals surface area (Å²) in [5.41, 5.74) is 7.92. The van der Waals surface area contributed by atoms with E-state index in [-0.39, 0.29) is 11.5 Å². The van der Waals surface area contributed by atoms with E-state index in [4.69, 9.17) is 5.73 Å². The van der Waals surface area contributed by atoms with E-state index in [2.05, 4.69) is 25.7 Å². The van der Waals surface area contributed by atoms with E-state index in [1.54, 1.807) is 4.57 Å². The Morgan fingerprint density at radius 2 is 2.22 bits per heavy atom. The molecule has 5 nitrogen and oxygen atoms in total. The molecule has 1 heterocycles. The van der Waals surface area contributed by atoms with Crippen LogP contribution < -0.4 is 5.73 Å². The number of aromatic nitrogens is 2. The third kappa shape index (κ3) is 2.11. The number of esters is 1. The summed E-state index contributed by atoms with van der Waals surface area (Å²) in [7, 11) is 1.30. The van der Waals surface area contributed by atoms with Gasteiger partial charge in [0, 0.05) is 4.47 Å². The van der Waals surface area contributed by atoms with Gasteiger partial charge in [-0.25, -0.2) is 9.78 Å². The van der Waals surface area contributed by atoms with Gasteiger partial charge in [0.25, 0.3) is 0 Å². The number of hydrogen-bond acceptors (Lipinski definition) is 4. The molecule has 0 atom stereocenters. The van der Waals surface area contributed by atoms with Crippen molar-refractivity contribution in [3.05, 3.63) is 40.3 Å². The number of rotatable bonds is 2. The first-order valence-electron chi connectivity index (χ1n) is 5.22. The van der Waals surface area contributed by atoms with Crippen molar-refractivity contribution < 1.29 is 9.53 Å². The number of halogens is 1. The third-order valence-corrected chi connectivity index (χ3v) is 3.09. The topological polar surface area (TPSA) is 70.1 Å². The number of anilines is 1. The summed E-state index contributed by atoms with van der Waals surface area (Å²) in [5.74, 6) is -0.270. The van der Waals surface area contributed by atoms with Crippen LogP contribution in [-0.2, 0) is 4.74 Å². The van der Waals surface area contributed by atoms with Crippen LogP contribution in [0.25, 0.3) is 5.69 Å². The van der Waals surface area contributed by atoms with Crippen LogP contribution in [0.3, 0.4) is 0 Å². The van der Waals surface area contributed by atoms with Crippen LogP contribution in [0.5, 0.6) is 0 Å². The molecule has 0 radical (unpaired) electrons. The fraction of sp³-hybridized carbons (Fsp3) is 0.167. The normalized spacial score (nSPS) is 10.4. The van der Waals surface area contributed by atoms with Gasteiger partial charge < -0.3 is 10.5 Å². The number of methoxy groups -OCH3 is 1. The minimum absolute atomic E-state index is 0.125. The van der Waals surface area contributed by atoms with Crippen molar-refractivity contribution in [2.24, 2.45) is 0 Å². The van der Waals surface area contributed by atoms with Gasteiger partial charge >= 0.3 is 5.97 Å². The summed E-state index contributed by atoms with van der Waals surface area (Å²) >= 11 is 3.40. The Labute approximate surface area is 113 Å². The number of imidazole rings is 1. The number of aryl methyl sites for hydroxylation is 1. The van der Waals surface area contributed by atoms with Crippen molar-refractivity contribution in [3.8, 4) is 5.69 Å². The number of benzene rings is 1. The molecule has 1 aromatic heterocycles. The number of ether oxygens (including phenoxy) is 1. The summed E-state index contributed by atoms with van der Waals surface area (Å²) in [5, 5.41) is 0. The first kappa shape index (κ1) is 12.6. The third-order valence-electron chi connectivity index (χ3n) is 2.60. The summed E-state index contributed by atoms with van der Waals surface area (Å²) < 4.78 is 7.26. The smallest absolute Gasteiger partial charge is 0.360 e. The quantitative estimate of drug-likeness (QED) is 0.864. The lowest BCUT2D eigenvalue weighted by molar-refractivity contribution is 0.0596. The number of nitrogens with two attached hydrogens (primary N) is 1. The zero-order valence-corrected chi connectivity index (χ0v) is 11.6. The standard InChI is InChI=1S/C12H12BrN3O2/c1-7-5-8(13)3-4-9(7)16-6-15-10(11(16)14)12(17)18-2/h3-6H,14H2,1-2H3. The Hall–Kier alpha value is -1.82. The van der Waals surface area contributed by atoms with Crippen molar-refractivity contribution in [1.82, 2.24) is 9.55 Å². The van der Waals surface area contributed by atoms with E-state index in [0.29, 0.717) is 0 Å². The Morgan fingerprint density at radius 3 is 2.83 bits per heavy atom. The Balaban J connectivity index is 2.52. The van der Waals surface area contributed by atoms with Crippen LogP contribution in [0.2, 0.25) is 0 Å². The van der Waals surface area contributed by atoms with Gasteiger partial charge in [0.2, 0.25) is 0 Å². The molecule has 0 aliphatic heterocycles. The molecule has 0 aliphatic rings. The predicted molar refractivity (Wildman–Crippen MR) is 71.8 cm³/mol. The maximum absolute atomic E-state index is 11.4. The van der Waals surface area contributed by atoms with Gasteiger partial charge in [-0.1, -0.05) is 15.9 Å². The van der Waals surface area contributed by atoms with Gasteiger partial charge in [-0.2, -0.15) is 0 Å². The zero-order valence-electron chi connectivity index (χ0n) is 9.98. The summed E-state index contributed by atoms with van der Waals surface area (Å²) in [4.78, 5) is 15.4. The molecule has 0 unspecified atom stereocenters. The molecule has 0 saturated carbocycles. The highest BCUT2D eigenvalue weighted by Gasteiger charge is 2.17. The van der Waals surface area contributed by atoms with Crippen molar-refractivity contribution in [2.75, 3.05) is 12.8 Å². The number of carbonyl (C=O) groups excluding carboxylic acids is 1. The largest absolute Gasteiger partial charge is 0.464 e. The molecule has 0 amide bonds. The van der Waals surface area contributed by atoms with E-state index < -0.39 is 5.97 Å². The predicted octanol–water partition coefficient (Wildman–Crippen LogP) is 2.31. The van der Waals surface area contributed by atoms with E-state index >= 15 is 0 Å². The van der Waals surface area contributed by atoms with E-state index in [1.807, 2.05) is 25.1 Å². The minimum Gasteiger partial charge on any atom is -0.464 e. The maximum Gasteiger partial charge on any atom is 0.360 e. The lowest BCUT2D eigenvalue weighted by Crippen LogP contribution is -2.08. The van der Waals surface area contributed by atoms with Gasteiger partial charge in [0.05, 0.1) is 12.8 Å². The molecule has 94 valence electrons. The average molecular weight is 310 g/mol. The van der Waals surface area contributed by atoms with Gasteiger partial charge in [-0.3, -0.25) is 4.57 Å². The fourth-order valence-electron chi connectivity index (χ4n) is 1.69. The Bertz CT molecular complexity index is 607. The maximum atomic E-state index is 11.4. The second-order valence-corrected chi connectivity index (χ2v) is 4.69. The van der Waals surface area contributed by atoms with Gasteiger partial charge in [0.15, 0.2) is 5.69 Å². The first-order valence-corrected chi connectivity index (χ1v) is 6.01. The molecular formula is C12H12BrN3O2. The molecule has 18 heavy (non-hydrogen) atoms. The van der Waals surface area contributed by atoms with Gasteiger partial charge in [0.1, 0.15) is 12.1 Å². The number of nitrogen functional groups attached to an aromatic ring is 1. The van der Waals surface area contributed by atoms with Crippen molar-refractivity contribution in [2.45, 2.75) is 6.92 Å². The van der Waals surface area contributed by atoms with Crippen LogP contribution in [-0.4, -0.2) is 22.6 Å². The van der Waals surface area contributed by atoms with E-state index in [0.717, 1.165) is 15.7 Å². The van der Waals surface area contributed by atoms with Crippen molar-refractivity contribution >= 4 is 27.7 Å². The molecule has 0 saturated heterocycles. The molecule has 1 aromatic carbocycles. The lowest BCUT2D eigenvalue weighted by atomic mass is 10.2. The lowest BCUT2D eigenvalue weighted by Gasteiger charge is -2.09. The highest BCUT2D eigenvalue weighted by Crippen LogP contribution is 2.23. The van der Waals surface area contributed by atoms with Crippen molar-refractivity contribution in [1.29, 1.82) is 0 Å². The van der Waals surface area contributed by atoms with E-state index in [1.165, 1.54) is 13.4 Å². The number of carbonyl (C=O) groups is 1. The van der Waals surface area contributed by atoms with Crippen LogP contribution >= 0.6 is 15.9 Å². The SMILES string of the molecule is COC(=O)c1ncn(-c2ccc(Br)cc2C)c1N. The molecule has 2 N–H and O–H groups in total. The van der Waals surface area contributed by atoms with E-state index in [9.17, 15) is 4.79 Å². The summed E-state index contributed by atoms with van der Waals surface area (Å²) in [6.45, 7) is 1.96.